The van der Waals surface area contributed by atoms with Crippen molar-refractivity contribution in [1.29, 1.82) is 0 Å². The second-order valence-corrected chi connectivity index (χ2v) is 6.89. The number of piperazine rings is 1. The maximum Gasteiger partial charge on any atom is 0.410 e. The highest BCUT2D eigenvalue weighted by Crippen LogP contribution is 2.17. The van der Waals surface area contributed by atoms with Crippen LogP contribution in [0.2, 0.25) is 0 Å². The molecule has 20 heavy (non-hydrogen) atoms. The van der Waals surface area contributed by atoms with E-state index in [4.69, 9.17) is 4.74 Å². The Hall–Kier alpha value is -0.810. The second kappa shape index (κ2) is 6.76. The minimum absolute atomic E-state index is 0.176. The zero-order valence-electron chi connectivity index (χ0n) is 13.2. The molecule has 1 aliphatic heterocycles. The van der Waals surface area contributed by atoms with Crippen molar-refractivity contribution in [2.75, 3.05) is 39.3 Å². The number of carbonyl (C=O) groups is 1. The highest BCUT2D eigenvalue weighted by atomic mass is 16.6. The number of hydrogen-bond donors (Lipinski definition) is 1. The molecule has 1 heterocycles. The monoisotopic (exact) mass is 283 g/mol. The average molecular weight is 283 g/mol. The van der Waals surface area contributed by atoms with Crippen LogP contribution >= 0.6 is 0 Å². The van der Waals surface area contributed by atoms with Crippen LogP contribution in [0.5, 0.6) is 0 Å². The molecule has 1 saturated heterocycles. The molecule has 0 unspecified atom stereocenters. The van der Waals surface area contributed by atoms with Gasteiger partial charge in [0, 0.05) is 45.3 Å². The van der Waals surface area contributed by atoms with Gasteiger partial charge in [0.25, 0.3) is 0 Å². The maximum absolute atomic E-state index is 11.9. The van der Waals surface area contributed by atoms with Crippen LogP contribution < -0.4 is 5.32 Å². The van der Waals surface area contributed by atoms with Crippen LogP contribution in [-0.4, -0.2) is 66.8 Å². The quantitative estimate of drug-likeness (QED) is 0.852. The van der Waals surface area contributed by atoms with E-state index in [1.54, 1.807) is 0 Å². The second-order valence-electron chi connectivity index (χ2n) is 6.89. The van der Waals surface area contributed by atoms with E-state index in [9.17, 15) is 4.79 Å². The summed E-state index contributed by atoms with van der Waals surface area (Å²) in [4.78, 5) is 16.2. The van der Waals surface area contributed by atoms with Gasteiger partial charge >= 0.3 is 6.09 Å². The summed E-state index contributed by atoms with van der Waals surface area (Å²) in [5, 5.41) is 3.58. The first-order chi connectivity index (χ1) is 9.44. The summed E-state index contributed by atoms with van der Waals surface area (Å²) >= 11 is 0. The normalized spacial score (nSPS) is 21.6. The van der Waals surface area contributed by atoms with Gasteiger partial charge in [0.2, 0.25) is 0 Å². The van der Waals surface area contributed by atoms with Crippen LogP contribution in [0.4, 0.5) is 4.79 Å². The van der Waals surface area contributed by atoms with Gasteiger partial charge in [-0.2, -0.15) is 0 Å². The van der Waals surface area contributed by atoms with Gasteiger partial charge in [0.05, 0.1) is 0 Å². The third-order valence-corrected chi connectivity index (χ3v) is 3.99. The van der Waals surface area contributed by atoms with Gasteiger partial charge in [-0.05, 0) is 33.6 Å². The summed E-state index contributed by atoms with van der Waals surface area (Å²) in [7, 11) is 0. The van der Waals surface area contributed by atoms with Gasteiger partial charge in [-0.15, -0.1) is 0 Å². The van der Waals surface area contributed by atoms with Crippen LogP contribution in [0.3, 0.4) is 0 Å². The molecular formula is C15H29N3O2. The third-order valence-electron chi connectivity index (χ3n) is 3.99. The first kappa shape index (κ1) is 15.6. The van der Waals surface area contributed by atoms with Crippen molar-refractivity contribution in [2.24, 2.45) is 0 Å². The highest BCUT2D eigenvalue weighted by molar-refractivity contribution is 5.68. The predicted molar refractivity (Wildman–Crippen MR) is 79.9 cm³/mol. The van der Waals surface area contributed by atoms with Crippen molar-refractivity contribution < 1.29 is 9.53 Å². The van der Waals surface area contributed by atoms with Crippen molar-refractivity contribution in [3.63, 3.8) is 0 Å². The minimum Gasteiger partial charge on any atom is -0.444 e. The van der Waals surface area contributed by atoms with Crippen LogP contribution in [-0.2, 0) is 4.74 Å². The third kappa shape index (κ3) is 4.94. The molecule has 1 saturated carbocycles. The highest BCUT2D eigenvalue weighted by Gasteiger charge is 2.25. The predicted octanol–water partition coefficient (Wildman–Crippen LogP) is 1.68. The fourth-order valence-corrected chi connectivity index (χ4v) is 2.52. The van der Waals surface area contributed by atoms with Crippen molar-refractivity contribution in [3.05, 3.63) is 0 Å². The van der Waals surface area contributed by atoms with E-state index < -0.39 is 5.60 Å². The van der Waals surface area contributed by atoms with Gasteiger partial charge in [0.1, 0.15) is 5.60 Å². The van der Waals surface area contributed by atoms with Gasteiger partial charge < -0.3 is 15.0 Å². The molecule has 5 heteroatoms. The van der Waals surface area contributed by atoms with Crippen LogP contribution in [0.1, 0.15) is 40.0 Å². The van der Waals surface area contributed by atoms with Crippen molar-refractivity contribution in [1.82, 2.24) is 15.1 Å². The van der Waals surface area contributed by atoms with Crippen molar-refractivity contribution >= 4 is 6.09 Å². The van der Waals surface area contributed by atoms with Crippen LogP contribution in [0, 0.1) is 0 Å². The summed E-state index contributed by atoms with van der Waals surface area (Å²) in [6.07, 6.45) is 3.88. The summed E-state index contributed by atoms with van der Waals surface area (Å²) in [6.45, 7) is 11.3. The van der Waals surface area contributed by atoms with Gasteiger partial charge in [-0.1, -0.05) is 6.42 Å². The van der Waals surface area contributed by atoms with Crippen molar-refractivity contribution in [2.45, 2.75) is 51.7 Å². The standard InChI is InChI=1S/C15H29N3O2/c1-15(2,3)20-14(19)18-11-9-17(10-12-18)8-7-16-13-5-4-6-13/h13,16H,4-12H2,1-3H3. The Kier molecular flexibility index (Phi) is 5.27. The molecule has 2 aliphatic rings. The number of nitrogens with one attached hydrogen (secondary N) is 1. The molecule has 0 radical (unpaired) electrons. The van der Waals surface area contributed by atoms with E-state index in [2.05, 4.69) is 10.2 Å². The van der Waals surface area contributed by atoms with Crippen LogP contribution in [0.25, 0.3) is 0 Å². The zero-order chi connectivity index (χ0) is 14.6. The minimum atomic E-state index is -0.402. The van der Waals surface area contributed by atoms with E-state index in [0.29, 0.717) is 0 Å². The Morgan fingerprint density at radius 3 is 2.35 bits per heavy atom. The lowest BCUT2D eigenvalue weighted by atomic mass is 9.93. The molecule has 0 bridgehead atoms. The SMILES string of the molecule is CC(C)(C)OC(=O)N1CCN(CCNC2CCC2)CC1. The Balaban J connectivity index is 1.60. The topological polar surface area (TPSA) is 44.8 Å². The number of nitrogens with zero attached hydrogens (tertiary/aromatic N) is 2. The summed E-state index contributed by atoms with van der Waals surface area (Å²) in [5.74, 6) is 0. The Morgan fingerprint density at radius 1 is 1.20 bits per heavy atom. The molecule has 5 nitrogen and oxygen atoms in total. The number of carbonyl (C=O) groups excluding carboxylic acids is 1. The number of rotatable bonds is 4. The lowest BCUT2D eigenvalue weighted by Crippen LogP contribution is -2.51. The molecule has 0 aromatic carbocycles. The number of ether oxygens (including phenoxy) is 1. The molecule has 1 amide bonds. The van der Waals surface area contributed by atoms with E-state index >= 15 is 0 Å². The van der Waals surface area contributed by atoms with E-state index in [-0.39, 0.29) is 6.09 Å². The van der Waals surface area contributed by atoms with Crippen LogP contribution in [0.15, 0.2) is 0 Å². The largest absolute Gasteiger partial charge is 0.444 e. The molecule has 2 fully saturated rings. The Bertz CT molecular complexity index is 316. The number of hydrogen-bond acceptors (Lipinski definition) is 4. The molecule has 116 valence electrons. The maximum atomic E-state index is 11.9. The molecule has 1 N–H and O–H groups in total. The van der Waals surface area contributed by atoms with E-state index in [1.165, 1.54) is 19.3 Å². The first-order valence-corrected chi connectivity index (χ1v) is 7.88. The molecule has 0 atom stereocenters. The summed E-state index contributed by atoms with van der Waals surface area (Å²) < 4.78 is 5.40. The van der Waals surface area contributed by atoms with Gasteiger partial charge in [-0.25, -0.2) is 4.79 Å². The van der Waals surface area contributed by atoms with Gasteiger partial charge in [-0.3, -0.25) is 4.90 Å². The van der Waals surface area contributed by atoms with Crippen molar-refractivity contribution in [3.8, 4) is 0 Å². The number of amides is 1. The van der Waals surface area contributed by atoms with E-state index in [0.717, 1.165) is 45.3 Å². The molecule has 2 rings (SSSR count). The fraction of sp³-hybridized carbons (Fsp3) is 0.933. The lowest BCUT2D eigenvalue weighted by Gasteiger charge is -2.36. The van der Waals surface area contributed by atoms with E-state index in [1.807, 2.05) is 25.7 Å². The molecule has 1 aliphatic carbocycles. The first-order valence-electron chi connectivity index (χ1n) is 7.88. The Labute approximate surface area is 122 Å². The smallest absolute Gasteiger partial charge is 0.410 e. The lowest BCUT2D eigenvalue weighted by molar-refractivity contribution is 0.0145. The average Bonchev–Trinajstić information content (AvgIpc) is 2.31. The molecular weight excluding hydrogens is 254 g/mol. The Morgan fingerprint density at radius 2 is 1.85 bits per heavy atom. The summed E-state index contributed by atoms with van der Waals surface area (Å²) in [6, 6.07) is 0.762. The fourth-order valence-electron chi connectivity index (χ4n) is 2.52. The molecule has 0 aromatic rings. The molecule has 0 aromatic heterocycles. The molecule has 0 spiro atoms. The van der Waals surface area contributed by atoms with Gasteiger partial charge in [0.15, 0.2) is 0 Å². The zero-order valence-corrected chi connectivity index (χ0v) is 13.2. The summed E-state index contributed by atoms with van der Waals surface area (Å²) in [5.41, 5.74) is -0.402.